The van der Waals surface area contributed by atoms with Crippen molar-refractivity contribution in [3.05, 3.63) is 0 Å². The largest absolute Gasteiger partial charge is 0.390 e. The molecule has 0 heterocycles. The molecule has 0 amide bonds. The molecule has 2 unspecified atom stereocenters. The lowest BCUT2D eigenvalue weighted by molar-refractivity contribution is 0.0110. The van der Waals surface area contributed by atoms with Crippen molar-refractivity contribution in [2.75, 3.05) is 0 Å². The van der Waals surface area contributed by atoms with Crippen LogP contribution in [0, 0.1) is 18.3 Å². The zero-order valence-electron chi connectivity index (χ0n) is 6.43. The number of terminal acetylenes is 1. The fraction of sp³-hybridized carbons (Fsp3) is 0.778. The molecule has 0 bridgehead atoms. The first-order valence-electron chi connectivity index (χ1n) is 3.82. The standard InChI is InChI=1S/C9H14O/c1-3-8-5-4-6-9(2,10)7-8/h1,8,10H,4-7H2,2H3. The van der Waals surface area contributed by atoms with Gasteiger partial charge < -0.3 is 5.11 Å². The predicted octanol–water partition coefficient (Wildman–Crippen LogP) is 1.56. The maximum Gasteiger partial charge on any atom is 0.0631 e. The summed E-state index contributed by atoms with van der Waals surface area (Å²) in [7, 11) is 0. The van der Waals surface area contributed by atoms with Gasteiger partial charge in [0, 0.05) is 5.92 Å². The third kappa shape index (κ3) is 1.75. The van der Waals surface area contributed by atoms with Crippen molar-refractivity contribution in [1.29, 1.82) is 0 Å². The number of aliphatic hydroxyl groups is 1. The molecule has 0 aromatic heterocycles. The average Bonchev–Trinajstić information content (AvgIpc) is 1.86. The molecule has 2 atom stereocenters. The van der Waals surface area contributed by atoms with Crippen LogP contribution in [0.5, 0.6) is 0 Å². The molecule has 1 fully saturated rings. The van der Waals surface area contributed by atoms with Crippen LogP contribution in [0.2, 0.25) is 0 Å². The van der Waals surface area contributed by atoms with E-state index in [1.807, 2.05) is 6.92 Å². The molecule has 0 spiro atoms. The quantitative estimate of drug-likeness (QED) is 0.504. The van der Waals surface area contributed by atoms with Crippen LogP contribution < -0.4 is 0 Å². The van der Waals surface area contributed by atoms with Crippen molar-refractivity contribution < 1.29 is 5.11 Å². The Morgan fingerprint density at radius 1 is 1.70 bits per heavy atom. The molecule has 1 rings (SSSR count). The Balaban J connectivity index is 2.49. The highest BCUT2D eigenvalue weighted by molar-refractivity contribution is 4.98. The third-order valence-corrected chi connectivity index (χ3v) is 2.19. The first kappa shape index (κ1) is 7.63. The molecule has 1 nitrogen and oxygen atoms in total. The minimum Gasteiger partial charge on any atom is -0.390 e. The summed E-state index contributed by atoms with van der Waals surface area (Å²) in [5, 5.41) is 9.58. The molecule has 1 aliphatic carbocycles. The fourth-order valence-electron chi connectivity index (χ4n) is 1.61. The molecule has 1 heteroatoms. The first-order valence-corrected chi connectivity index (χ1v) is 3.82. The van der Waals surface area contributed by atoms with Gasteiger partial charge in [0.15, 0.2) is 0 Å². The van der Waals surface area contributed by atoms with E-state index in [4.69, 9.17) is 6.42 Å². The molecule has 1 saturated carbocycles. The monoisotopic (exact) mass is 138 g/mol. The lowest BCUT2D eigenvalue weighted by Crippen LogP contribution is -2.31. The summed E-state index contributed by atoms with van der Waals surface area (Å²) in [6, 6.07) is 0. The first-order chi connectivity index (χ1) is 4.64. The molecule has 56 valence electrons. The van der Waals surface area contributed by atoms with Gasteiger partial charge in [0.2, 0.25) is 0 Å². The number of rotatable bonds is 0. The normalized spacial score (nSPS) is 40.7. The Kier molecular flexibility index (Phi) is 2.01. The molecular weight excluding hydrogens is 124 g/mol. The Morgan fingerprint density at radius 3 is 2.80 bits per heavy atom. The van der Waals surface area contributed by atoms with Crippen molar-refractivity contribution in [3.63, 3.8) is 0 Å². The van der Waals surface area contributed by atoms with Gasteiger partial charge in [-0.15, -0.1) is 12.3 Å². The summed E-state index contributed by atoms with van der Waals surface area (Å²) in [6.45, 7) is 1.87. The van der Waals surface area contributed by atoms with Gasteiger partial charge in [-0.3, -0.25) is 0 Å². The van der Waals surface area contributed by atoms with Crippen LogP contribution in [0.25, 0.3) is 0 Å². The van der Waals surface area contributed by atoms with Crippen molar-refractivity contribution in [3.8, 4) is 12.3 Å². The predicted molar refractivity (Wildman–Crippen MR) is 41.4 cm³/mol. The van der Waals surface area contributed by atoms with Crippen LogP contribution >= 0.6 is 0 Å². The van der Waals surface area contributed by atoms with Crippen LogP contribution in [0.1, 0.15) is 32.6 Å². The maximum atomic E-state index is 9.58. The highest BCUT2D eigenvalue weighted by atomic mass is 16.3. The SMILES string of the molecule is C#CC1CCCC(C)(O)C1. The molecule has 0 radical (unpaired) electrons. The summed E-state index contributed by atoms with van der Waals surface area (Å²) in [5.74, 6) is 3.01. The Morgan fingerprint density at radius 2 is 2.40 bits per heavy atom. The Labute approximate surface area is 62.4 Å². The Bertz CT molecular complexity index is 153. The van der Waals surface area contributed by atoms with E-state index in [9.17, 15) is 5.11 Å². The smallest absolute Gasteiger partial charge is 0.0631 e. The molecule has 0 aromatic carbocycles. The second-order valence-electron chi connectivity index (χ2n) is 3.46. The maximum absolute atomic E-state index is 9.58. The zero-order valence-corrected chi connectivity index (χ0v) is 6.43. The van der Waals surface area contributed by atoms with Crippen LogP contribution in [0.15, 0.2) is 0 Å². The topological polar surface area (TPSA) is 20.2 Å². The summed E-state index contributed by atoms with van der Waals surface area (Å²) in [5.41, 5.74) is -0.491. The van der Waals surface area contributed by atoms with E-state index in [-0.39, 0.29) is 0 Å². The van der Waals surface area contributed by atoms with E-state index in [2.05, 4.69) is 5.92 Å². The van der Waals surface area contributed by atoms with E-state index in [0.717, 1.165) is 25.7 Å². The Hall–Kier alpha value is -0.480. The third-order valence-electron chi connectivity index (χ3n) is 2.19. The number of hydrogen-bond donors (Lipinski definition) is 1. The molecule has 10 heavy (non-hydrogen) atoms. The van der Waals surface area contributed by atoms with E-state index in [0.29, 0.717) is 5.92 Å². The van der Waals surface area contributed by atoms with Gasteiger partial charge in [0.1, 0.15) is 0 Å². The van der Waals surface area contributed by atoms with Crippen LogP contribution in [0.3, 0.4) is 0 Å². The molecule has 0 aromatic rings. The molecule has 1 aliphatic rings. The van der Waals surface area contributed by atoms with Crippen molar-refractivity contribution in [1.82, 2.24) is 0 Å². The highest BCUT2D eigenvalue weighted by Crippen LogP contribution is 2.31. The van der Waals surface area contributed by atoms with E-state index in [1.54, 1.807) is 0 Å². The molecule has 0 saturated heterocycles. The molecule has 1 N–H and O–H groups in total. The minimum atomic E-state index is -0.491. The molecule has 0 aliphatic heterocycles. The summed E-state index contributed by atoms with van der Waals surface area (Å²) >= 11 is 0. The van der Waals surface area contributed by atoms with Gasteiger partial charge in [-0.2, -0.15) is 0 Å². The van der Waals surface area contributed by atoms with Gasteiger partial charge in [-0.05, 0) is 32.6 Å². The van der Waals surface area contributed by atoms with Crippen molar-refractivity contribution in [2.24, 2.45) is 5.92 Å². The van der Waals surface area contributed by atoms with E-state index >= 15 is 0 Å². The summed E-state index contributed by atoms with van der Waals surface area (Å²) in [4.78, 5) is 0. The zero-order chi connectivity index (χ0) is 7.61. The lowest BCUT2D eigenvalue weighted by atomic mass is 9.80. The van der Waals surface area contributed by atoms with Gasteiger partial charge in [-0.1, -0.05) is 0 Å². The summed E-state index contributed by atoms with van der Waals surface area (Å²) in [6.07, 6.45) is 9.11. The van der Waals surface area contributed by atoms with Crippen molar-refractivity contribution in [2.45, 2.75) is 38.2 Å². The van der Waals surface area contributed by atoms with Gasteiger partial charge in [0.05, 0.1) is 5.60 Å². The summed E-state index contributed by atoms with van der Waals surface area (Å²) < 4.78 is 0. The second kappa shape index (κ2) is 2.64. The molecular formula is C9H14O. The van der Waals surface area contributed by atoms with Gasteiger partial charge in [-0.25, -0.2) is 0 Å². The minimum absolute atomic E-state index is 0.309. The van der Waals surface area contributed by atoms with E-state index < -0.39 is 5.60 Å². The lowest BCUT2D eigenvalue weighted by Gasteiger charge is -2.31. The van der Waals surface area contributed by atoms with E-state index in [1.165, 1.54) is 0 Å². The number of hydrogen-bond acceptors (Lipinski definition) is 1. The van der Waals surface area contributed by atoms with Crippen LogP contribution in [-0.2, 0) is 0 Å². The van der Waals surface area contributed by atoms with Crippen LogP contribution in [0.4, 0.5) is 0 Å². The highest BCUT2D eigenvalue weighted by Gasteiger charge is 2.28. The van der Waals surface area contributed by atoms with Gasteiger partial charge in [0.25, 0.3) is 0 Å². The second-order valence-corrected chi connectivity index (χ2v) is 3.46. The van der Waals surface area contributed by atoms with Gasteiger partial charge >= 0.3 is 0 Å². The fourth-order valence-corrected chi connectivity index (χ4v) is 1.61. The van der Waals surface area contributed by atoms with Crippen molar-refractivity contribution >= 4 is 0 Å². The van der Waals surface area contributed by atoms with Crippen LogP contribution in [-0.4, -0.2) is 10.7 Å². The average molecular weight is 138 g/mol.